The van der Waals surface area contributed by atoms with Crippen molar-refractivity contribution < 1.29 is 9.90 Å². The monoisotopic (exact) mass is 195 g/mol. The molecule has 3 heteroatoms. The molecule has 1 N–H and O–H groups in total. The number of ketones is 1. The summed E-state index contributed by atoms with van der Waals surface area (Å²) >= 11 is 0. The fourth-order valence-electron chi connectivity index (χ4n) is 0.771. The van der Waals surface area contributed by atoms with E-state index >= 15 is 0 Å². The third-order valence-corrected chi connectivity index (χ3v) is 1.28. The number of phenolic OH excluding ortho intramolecular Hbond substituents is 1. The minimum atomic E-state index is -0.113. The topological polar surface area (TPSA) is 40.5 Å². The third-order valence-electron chi connectivity index (χ3n) is 1.28. The number of hydrogen-bond donors (Lipinski definition) is 1. The minimum Gasteiger partial charge on any atom is -0.507 e. The lowest BCUT2D eigenvalue weighted by Gasteiger charge is -1.96. The minimum absolute atomic E-state index is 0.0509. The second kappa shape index (κ2) is 6.16. The van der Waals surface area contributed by atoms with Gasteiger partial charge in [0.05, 0.1) is 5.56 Å². The largest absolute Gasteiger partial charge is 0.507 e. The first-order valence-corrected chi connectivity index (χ1v) is 4.35. The summed E-state index contributed by atoms with van der Waals surface area (Å²) in [5, 5.41) is 9.06. The van der Waals surface area contributed by atoms with Crippen LogP contribution in [0.3, 0.4) is 0 Å². The maximum absolute atomic E-state index is 10.7. The van der Waals surface area contributed by atoms with E-state index in [0.29, 0.717) is 5.56 Å². The van der Waals surface area contributed by atoms with Crippen molar-refractivity contribution >= 4 is 5.78 Å². The summed E-state index contributed by atoms with van der Waals surface area (Å²) in [5.41, 5.74) is 0.377. The van der Waals surface area contributed by atoms with Gasteiger partial charge in [-0.1, -0.05) is 12.1 Å². The van der Waals surface area contributed by atoms with Crippen molar-refractivity contribution in [2.24, 2.45) is 0 Å². The summed E-state index contributed by atoms with van der Waals surface area (Å²) in [6, 6.07) is 6.49. The molecule has 0 heterocycles. The molecular weight excluding hydrogens is 178 g/mol. The lowest BCUT2D eigenvalue weighted by Crippen LogP contribution is -1.99. The Kier molecular flexibility index (Phi) is 5.56. The predicted molar refractivity (Wildman–Crippen MR) is 57.7 cm³/mol. The second-order valence-electron chi connectivity index (χ2n) is 3.41. The van der Waals surface area contributed by atoms with Crippen molar-refractivity contribution in [3.8, 4) is 5.75 Å². The van der Waals surface area contributed by atoms with Gasteiger partial charge in [-0.25, -0.2) is 0 Å². The van der Waals surface area contributed by atoms with Gasteiger partial charge in [-0.2, -0.15) is 0 Å². The highest BCUT2D eigenvalue weighted by Gasteiger charge is 2.02. The van der Waals surface area contributed by atoms with Crippen LogP contribution in [0.1, 0.15) is 17.3 Å². The molecule has 14 heavy (non-hydrogen) atoms. The van der Waals surface area contributed by atoms with Crippen molar-refractivity contribution in [1.29, 1.82) is 0 Å². The fraction of sp³-hybridized carbons (Fsp3) is 0.364. The molecule has 1 aromatic rings. The fourth-order valence-corrected chi connectivity index (χ4v) is 0.771. The van der Waals surface area contributed by atoms with E-state index in [-0.39, 0.29) is 11.5 Å². The standard InChI is InChI=1S/C8H8O2.C3H9N/c1-6(9)7-4-2-3-5-8(7)10;1-4(2)3/h2-5,10H,1H3;1-3H3. The molecule has 0 saturated heterocycles. The van der Waals surface area contributed by atoms with Crippen LogP contribution in [0.2, 0.25) is 0 Å². The molecule has 0 atom stereocenters. The van der Waals surface area contributed by atoms with Crippen LogP contribution in [0, 0.1) is 0 Å². The molecule has 0 aliphatic carbocycles. The van der Waals surface area contributed by atoms with Crippen LogP contribution in [0.25, 0.3) is 0 Å². The molecule has 0 aliphatic rings. The smallest absolute Gasteiger partial charge is 0.163 e. The summed E-state index contributed by atoms with van der Waals surface area (Å²) in [6.07, 6.45) is 0. The van der Waals surface area contributed by atoms with Gasteiger partial charge in [-0.15, -0.1) is 0 Å². The number of para-hydroxylation sites is 1. The average molecular weight is 195 g/mol. The van der Waals surface area contributed by atoms with Crippen molar-refractivity contribution in [1.82, 2.24) is 4.90 Å². The highest BCUT2D eigenvalue weighted by molar-refractivity contribution is 5.96. The molecule has 0 amide bonds. The number of benzene rings is 1. The molecule has 0 bridgehead atoms. The molecule has 0 spiro atoms. The van der Waals surface area contributed by atoms with E-state index in [2.05, 4.69) is 0 Å². The Morgan fingerprint density at radius 2 is 1.64 bits per heavy atom. The summed E-state index contributed by atoms with van der Waals surface area (Å²) in [6.45, 7) is 1.43. The molecule has 0 aliphatic heterocycles. The second-order valence-corrected chi connectivity index (χ2v) is 3.41. The molecule has 1 rings (SSSR count). The van der Waals surface area contributed by atoms with E-state index in [1.807, 2.05) is 26.0 Å². The Labute approximate surface area is 85.0 Å². The molecule has 3 nitrogen and oxygen atoms in total. The van der Waals surface area contributed by atoms with Gasteiger partial charge in [0.2, 0.25) is 0 Å². The van der Waals surface area contributed by atoms with E-state index in [4.69, 9.17) is 5.11 Å². The van der Waals surface area contributed by atoms with Crippen molar-refractivity contribution in [2.75, 3.05) is 21.1 Å². The van der Waals surface area contributed by atoms with Gasteiger partial charge in [0.25, 0.3) is 0 Å². The first-order chi connectivity index (χ1) is 6.45. The summed E-state index contributed by atoms with van der Waals surface area (Å²) in [5.74, 6) is -0.0619. The van der Waals surface area contributed by atoms with E-state index in [0.717, 1.165) is 0 Å². The normalized spacial score (nSPS) is 9.21. The van der Waals surface area contributed by atoms with Crippen LogP contribution in [0.5, 0.6) is 5.75 Å². The van der Waals surface area contributed by atoms with Gasteiger partial charge >= 0.3 is 0 Å². The summed E-state index contributed by atoms with van der Waals surface area (Å²) in [7, 11) is 6.00. The third kappa shape index (κ3) is 5.32. The van der Waals surface area contributed by atoms with Crippen LogP contribution in [-0.4, -0.2) is 36.9 Å². The molecule has 0 saturated carbocycles. The quantitative estimate of drug-likeness (QED) is 0.694. The lowest BCUT2D eigenvalue weighted by atomic mass is 10.1. The predicted octanol–water partition coefficient (Wildman–Crippen LogP) is 1.77. The Balaban J connectivity index is 0.000000364. The Bertz CT molecular complexity index is 292. The van der Waals surface area contributed by atoms with E-state index in [1.165, 1.54) is 13.0 Å². The molecule has 0 aromatic heterocycles. The van der Waals surface area contributed by atoms with Gasteiger partial charge in [-0.3, -0.25) is 4.79 Å². The molecule has 1 aromatic carbocycles. The zero-order chi connectivity index (χ0) is 11.1. The number of carbonyl (C=O) groups excluding carboxylic acids is 1. The van der Waals surface area contributed by atoms with Crippen LogP contribution in [-0.2, 0) is 0 Å². The number of carbonyl (C=O) groups is 1. The number of nitrogens with zero attached hydrogens (tertiary/aromatic N) is 1. The van der Waals surface area contributed by atoms with Gasteiger partial charge in [0, 0.05) is 0 Å². The van der Waals surface area contributed by atoms with Gasteiger partial charge in [0.1, 0.15) is 5.75 Å². The first kappa shape index (κ1) is 12.7. The van der Waals surface area contributed by atoms with Crippen LogP contribution >= 0.6 is 0 Å². The summed E-state index contributed by atoms with van der Waals surface area (Å²) in [4.78, 5) is 12.7. The Morgan fingerprint density at radius 1 is 1.21 bits per heavy atom. The van der Waals surface area contributed by atoms with Crippen LogP contribution in [0.4, 0.5) is 0 Å². The lowest BCUT2D eigenvalue weighted by molar-refractivity contribution is 0.101. The number of phenols is 1. The molecule has 0 radical (unpaired) electrons. The summed E-state index contributed by atoms with van der Waals surface area (Å²) < 4.78 is 0. The van der Waals surface area contributed by atoms with Crippen LogP contribution < -0.4 is 0 Å². The Hall–Kier alpha value is -1.35. The maximum atomic E-state index is 10.7. The van der Waals surface area contributed by atoms with E-state index in [1.54, 1.807) is 18.2 Å². The van der Waals surface area contributed by atoms with Crippen LogP contribution in [0.15, 0.2) is 24.3 Å². The van der Waals surface area contributed by atoms with Gasteiger partial charge in [0.15, 0.2) is 5.78 Å². The molecule has 0 unspecified atom stereocenters. The molecular formula is C11H17NO2. The van der Waals surface area contributed by atoms with Gasteiger partial charge in [-0.05, 0) is 40.2 Å². The number of rotatable bonds is 1. The van der Waals surface area contributed by atoms with Crippen molar-refractivity contribution in [3.63, 3.8) is 0 Å². The van der Waals surface area contributed by atoms with E-state index < -0.39 is 0 Å². The number of hydrogen-bond acceptors (Lipinski definition) is 3. The first-order valence-electron chi connectivity index (χ1n) is 4.35. The van der Waals surface area contributed by atoms with Gasteiger partial charge < -0.3 is 10.0 Å². The average Bonchev–Trinajstić information content (AvgIpc) is 2.03. The number of Topliss-reactive ketones (excluding diaryl/α,β-unsaturated/α-hetero) is 1. The van der Waals surface area contributed by atoms with Crippen molar-refractivity contribution in [3.05, 3.63) is 29.8 Å². The number of aromatic hydroxyl groups is 1. The highest BCUT2D eigenvalue weighted by Crippen LogP contribution is 2.15. The maximum Gasteiger partial charge on any atom is 0.163 e. The van der Waals surface area contributed by atoms with Crippen molar-refractivity contribution in [2.45, 2.75) is 6.92 Å². The SMILES string of the molecule is CC(=O)c1ccccc1O.CN(C)C. The zero-order valence-corrected chi connectivity index (χ0v) is 9.11. The molecule has 0 fully saturated rings. The molecule has 78 valence electrons. The van der Waals surface area contributed by atoms with E-state index in [9.17, 15) is 4.79 Å². The highest BCUT2D eigenvalue weighted by atomic mass is 16.3. The zero-order valence-electron chi connectivity index (χ0n) is 9.11. The Morgan fingerprint density at radius 3 is 1.93 bits per heavy atom.